The summed E-state index contributed by atoms with van der Waals surface area (Å²) in [6.45, 7) is 3.28. The highest BCUT2D eigenvalue weighted by atomic mass is 16.5. The zero-order valence-corrected chi connectivity index (χ0v) is 19.4. The monoisotopic (exact) mass is 455 g/mol. The first-order valence-corrected chi connectivity index (χ1v) is 11.7. The summed E-state index contributed by atoms with van der Waals surface area (Å²) in [7, 11) is 1.67. The lowest BCUT2D eigenvalue weighted by atomic mass is 10.0. The number of para-hydroxylation sites is 1. The molecule has 2 heterocycles. The number of hydrogen-bond donors (Lipinski definition) is 1. The number of carbonyl (C=O) groups is 1. The van der Waals surface area contributed by atoms with Crippen LogP contribution in [-0.2, 0) is 6.54 Å². The van der Waals surface area contributed by atoms with E-state index < -0.39 is 0 Å². The zero-order chi connectivity index (χ0) is 23.3. The summed E-state index contributed by atoms with van der Waals surface area (Å²) in [6, 6.07) is 23.9. The molecular formula is C27H29N5O2. The molecule has 1 aliphatic heterocycles. The molecule has 1 aromatic heterocycles. The summed E-state index contributed by atoms with van der Waals surface area (Å²) in [5.74, 6) is 0.780. The predicted octanol–water partition coefficient (Wildman–Crippen LogP) is 4.06. The van der Waals surface area contributed by atoms with Gasteiger partial charge >= 0.3 is 0 Å². The molecular weight excluding hydrogens is 426 g/mol. The number of ether oxygens (including phenoxy) is 1. The van der Waals surface area contributed by atoms with E-state index in [0.29, 0.717) is 18.7 Å². The molecule has 1 atom stereocenters. The summed E-state index contributed by atoms with van der Waals surface area (Å²) < 4.78 is 7.18. The Labute approximate surface area is 199 Å². The third-order valence-corrected chi connectivity index (χ3v) is 6.51. The average Bonchev–Trinajstić information content (AvgIpc) is 3.56. The number of rotatable bonds is 8. The molecule has 0 spiro atoms. The van der Waals surface area contributed by atoms with Crippen LogP contribution in [0.5, 0.6) is 5.75 Å². The van der Waals surface area contributed by atoms with Crippen LogP contribution in [-0.4, -0.2) is 52.5 Å². The van der Waals surface area contributed by atoms with Crippen molar-refractivity contribution in [3.8, 4) is 5.75 Å². The highest BCUT2D eigenvalue weighted by molar-refractivity contribution is 5.94. The van der Waals surface area contributed by atoms with Gasteiger partial charge in [-0.25, -0.2) is 4.68 Å². The lowest BCUT2D eigenvalue weighted by molar-refractivity contribution is 0.0938. The maximum Gasteiger partial charge on any atom is 0.251 e. The topological polar surface area (TPSA) is 72.3 Å². The number of carbonyl (C=O) groups excluding carboxylic acids is 1. The van der Waals surface area contributed by atoms with Gasteiger partial charge in [0.05, 0.1) is 25.2 Å². The maximum absolute atomic E-state index is 12.9. The van der Waals surface area contributed by atoms with E-state index in [-0.39, 0.29) is 11.9 Å². The number of nitrogens with one attached hydrogen (secondary N) is 1. The van der Waals surface area contributed by atoms with Crippen molar-refractivity contribution in [2.75, 3.05) is 26.7 Å². The molecule has 5 rings (SSSR count). The minimum absolute atomic E-state index is 0.0598. The van der Waals surface area contributed by atoms with Gasteiger partial charge in [-0.2, -0.15) is 0 Å². The molecule has 1 amide bonds. The van der Waals surface area contributed by atoms with E-state index in [1.165, 1.54) is 18.4 Å². The van der Waals surface area contributed by atoms with Crippen LogP contribution in [0.1, 0.15) is 40.4 Å². The molecule has 1 aliphatic rings. The largest absolute Gasteiger partial charge is 0.497 e. The Morgan fingerprint density at radius 2 is 1.74 bits per heavy atom. The second-order valence-electron chi connectivity index (χ2n) is 8.67. The normalized spacial score (nSPS) is 14.9. The molecule has 1 fully saturated rings. The van der Waals surface area contributed by atoms with Gasteiger partial charge in [-0.3, -0.25) is 9.69 Å². The van der Waals surface area contributed by atoms with Crippen LogP contribution in [0.25, 0.3) is 11.0 Å². The molecule has 1 N–H and O–H groups in total. The molecule has 7 nitrogen and oxygen atoms in total. The lowest BCUT2D eigenvalue weighted by Crippen LogP contribution is -2.36. The van der Waals surface area contributed by atoms with Crippen molar-refractivity contribution in [2.45, 2.75) is 25.4 Å². The maximum atomic E-state index is 12.9. The molecule has 0 radical (unpaired) electrons. The van der Waals surface area contributed by atoms with Crippen molar-refractivity contribution >= 4 is 16.9 Å². The van der Waals surface area contributed by atoms with Crippen LogP contribution < -0.4 is 10.1 Å². The van der Waals surface area contributed by atoms with Crippen molar-refractivity contribution in [3.63, 3.8) is 0 Å². The molecule has 0 saturated carbocycles. The van der Waals surface area contributed by atoms with Crippen LogP contribution in [0.2, 0.25) is 0 Å². The van der Waals surface area contributed by atoms with E-state index in [0.717, 1.165) is 35.4 Å². The van der Waals surface area contributed by atoms with Crippen molar-refractivity contribution in [1.29, 1.82) is 0 Å². The fourth-order valence-electron chi connectivity index (χ4n) is 4.60. The first-order chi connectivity index (χ1) is 16.7. The van der Waals surface area contributed by atoms with Gasteiger partial charge in [-0.1, -0.05) is 41.6 Å². The van der Waals surface area contributed by atoms with E-state index in [1.807, 2.05) is 65.3 Å². The van der Waals surface area contributed by atoms with Crippen LogP contribution in [0.4, 0.5) is 0 Å². The first-order valence-electron chi connectivity index (χ1n) is 11.7. The fraction of sp³-hybridized carbons (Fsp3) is 0.296. The van der Waals surface area contributed by atoms with Crippen molar-refractivity contribution in [1.82, 2.24) is 25.2 Å². The predicted molar refractivity (Wildman–Crippen MR) is 132 cm³/mol. The van der Waals surface area contributed by atoms with Gasteiger partial charge in [0.2, 0.25) is 0 Å². The van der Waals surface area contributed by atoms with Crippen LogP contribution >= 0.6 is 0 Å². The number of nitrogens with zero attached hydrogens (tertiary/aromatic N) is 4. The molecule has 0 aliphatic carbocycles. The smallest absolute Gasteiger partial charge is 0.251 e. The van der Waals surface area contributed by atoms with E-state index in [1.54, 1.807) is 7.11 Å². The lowest BCUT2D eigenvalue weighted by Gasteiger charge is -2.28. The number of methoxy groups -OCH3 is 1. The Bertz CT molecular complexity index is 1240. The zero-order valence-electron chi connectivity index (χ0n) is 19.4. The third kappa shape index (κ3) is 4.79. The summed E-state index contributed by atoms with van der Waals surface area (Å²) in [4.78, 5) is 15.4. The third-order valence-electron chi connectivity index (χ3n) is 6.51. The van der Waals surface area contributed by atoms with Gasteiger partial charge in [-0.05, 0) is 73.5 Å². The number of fused-ring (bicyclic) bond motifs is 1. The molecule has 0 unspecified atom stereocenters. The fourth-order valence-corrected chi connectivity index (χ4v) is 4.60. The molecule has 174 valence electrons. The summed E-state index contributed by atoms with van der Waals surface area (Å²) in [5, 5.41) is 11.6. The quantitative estimate of drug-likeness (QED) is 0.434. The minimum atomic E-state index is -0.0598. The summed E-state index contributed by atoms with van der Waals surface area (Å²) >= 11 is 0. The Kier molecular flexibility index (Phi) is 6.53. The summed E-state index contributed by atoms with van der Waals surface area (Å²) in [6.07, 6.45) is 2.40. The number of aromatic nitrogens is 3. The van der Waals surface area contributed by atoms with E-state index in [2.05, 4.69) is 32.7 Å². The van der Waals surface area contributed by atoms with Crippen molar-refractivity contribution in [2.24, 2.45) is 0 Å². The first kappa shape index (κ1) is 22.1. The van der Waals surface area contributed by atoms with Gasteiger partial charge in [-0.15, -0.1) is 5.10 Å². The SMILES string of the molecule is COc1ccc([C@@H](CNC(=O)c2ccc(Cn3nnc4ccccc43)cc2)N2CCCC2)cc1. The van der Waals surface area contributed by atoms with Crippen LogP contribution in [0, 0.1) is 0 Å². The second kappa shape index (κ2) is 10.1. The second-order valence-corrected chi connectivity index (χ2v) is 8.67. The molecule has 4 aromatic rings. The van der Waals surface area contributed by atoms with E-state index in [9.17, 15) is 4.79 Å². The Hall–Kier alpha value is -3.71. The highest BCUT2D eigenvalue weighted by Gasteiger charge is 2.24. The highest BCUT2D eigenvalue weighted by Crippen LogP contribution is 2.26. The van der Waals surface area contributed by atoms with E-state index >= 15 is 0 Å². The number of hydrogen-bond acceptors (Lipinski definition) is 5. The average molecular weight is 456 g/mol. The van der Waals surface area contributed by atoms with Gasteiger partial charge in [0.15, 0.2) is 0 Å². The minimum Gasteiger partial charge on any atom is -0.497 e. The number of likely N-dealkylation sites (tertiary alicyclic amines) is 1. The van der Waals surface area contributed by atoms with Gasteiger partial charge in [0.25, 0.3) is 5.91 Å². The van der Waals surface area contributed by atoms with Crippen LogP contribution in [0.3, 0.4) is 0 Å². The molecule has 1 saturated heterocycles. The van der Waals surface area contributed by atoms with Gasteiger partial charge in [0, 0.05) is 12.1 Å². The molecule has 7 heteroatoms. The van der Waals surface area contributed by atoms with Gasteiger partial charge in [0.1, 0.15) is 11.3 Å². The van der Waals surface area contributed by atoms with E-state index in [4.69, 9.17) is 4.74 Å². The standard InChI is InChI=1S/C27H29N5O2/c1-34-23-14-12-21(13-15-23)26(31-16-4-5-17-31)18-28-27(33)22-10-8-20(9-11-22)19-32-25-7-3-2-6-24(25)29-30-32/h2-3,6-15,26H,4-5,16-19H2,1H3,(H,28,33)/t26-/m1/s1. The van der Waals surface area contributed by atoms with Crippen molar-refractivity contribution < 1.29 is 9.53 Å². The Balaban J connectivity index is 1.24. The van der Waals surface area contributed by atoms with Crippen LogP contribution in [0.15, 0.2) is 72.8 Å². The van der Waals surface area contributed by atoms with Crippen molar-refractivity contribution in [3.05, 3.63) is 89.5 Å². The number of amides is 1. The van der Waals surface area contributed by atoms with Gasteiger partial charge < -0.3 is 10.1 Å². The molecule has 3 aromatic carbocycles. The molecule has 34 heavy (non-hydrogen) atoms. The Morgan fingerprint density at radius 3 is 2.47 bits per heavy atom. The molecule has 0 bridgehead atoms. The summed E-state index contributed by atoms with van der Waals surface area (Å²) in [5.41, 5.74) is 4.79. The Morgan fingerprint density at radius 1 is 1.00 bits per heavy atom. The number of benzene rings is 3.